The van der Waals surface area contributed by atoms with Crippen LogP contribution in [0.4, 0.5) is 5.69 Å². The molecule has 0 saturated heterocycles. The zero-order valence-corrected chi connectivity index (χ0v) is 15.6. The van der Waals surface area contributed by atoms with E-state index >= 15 is 0 Å². The molecule has 0 atom stereocenters. The number of benzene rings is 2. The van der Waals surface area contributed by atoms with Crippen molar-refractivity contribution in [1.29, 1.82) is 5.26 Å². The molecule has 140 valence electrons. The van der Waals surface area contributed by atoms with Crippen LogP contribution in [0.25, 0.3) is 22.9 Å². The number of nitrogens with one attached hydrogen (secondary N) is 2. The van der Waals surface area contributed by atoms with Crippen molar-refractivity contribution in [2.24, 2.45) is 0 Å². The van der Waals surface area contributed by atoms with Gasteiger partial charge in [-0.15, -0.1) is 10.2 Å². The number of amides is 1. The van der Waals surface area contributed by atoms with Crippen molar-refractivity contribution in [2.75, 3.05) is 11.9 Å². The van der Waals surface area contributed by atoms with Crippen LogP contribution in [0.5, 0.6) is 0 Å². The van der Waals surface area contributed by atoms with Gasteiger partial charge in [-0.05, 0) is 56.2 Å². The summed E-state index contributed by atoms with van der Waals surface area (Å²) < 4.78 is 5.82. The van der Waals surface area contributed by atoms with Gasteiger partial charge in [-0.25, -0.2) is 0 Å². The number of nitriles is 1. The lowest BCUT2D eigenvalue weighted by molar-refractivity contribution is 0.0946. The minimum atomic E-state index is -0.0882. The minimum absolute atomic E-state index is 0.0882. The smallest absolute Gasteiger partial charge is 0.251 e. The zero-order valence-electron chi connectivity index (χ0n) is 15.6. The van der Waals surface area contributed by atoms with Gasteiger partial charge in [0, 0.05) is 29.3 Å². The molecule has 0 bridgehead atoms. The maximum atomic E-state index is 12.1. The van der Waals surface area contributed by atoms with E-state index in [0.717, 1.165) is 17.7 Å². The highest BCUT2D eigenvalue weighted by Gasteiger charge is 2.19. The van der Waals surface area contributed by atoms with E-state index in [2.05, 4.69) is 26.9 Å². The second-order valence-electron chi connectivity index (χ2n) is 6.96. The topological polar surface area (TPSA) is 104 Å². The maximum Gasteiger partial charge on any atom is 0.251 e. The molecule has 0 radical (unpaired) electrons. The fraction of sp³-hybridized carbons (Fsp3) is 0.238. The van der Waals surface area contributed by atoms with E-state index in [1.54, 1.807) is 12.1 Å². The predicted octanol–water partition coefficient (Wildman–Crippen LogP) is 3.38. The Labute approximate surface area is 162 Å². The molecule has 1 aliphatic heterocycles. The van der Waals surface area contributed by atoms with Gasteiger partial charge < -0.3 is 15.1 Å². The van der Waals surface area contributed by atoms with Crippen LogP contribution in [0.15, 0.2) is 40.8 Å². The van der Waals surface area contributed by atoms with E-state index < -0.39 is 0 Å². The lowest BCUT2D eigenvalue weighted by atomic mass is 9.98. The Bertz CT molecular complexity index is 1090. The Morgan fingerprint density at radius 1 is 1.14 bits per heavy atom. The van der Waals surface area contributed by atoms with Gasteiger partial charge in [0.2, 0.25) is 11.8 Å². The lowest BCUT2D eigenvalue weighted by Crippen LogP contribution is -2.31. The number of carbonyl (C=O) groups is 1. The van der Waals surface area contributed by atoms with Crippen LogP contribution >= 0.6 is 0 Å². The summed E-state index contributed by atoms with van der Waals surface area (Å²) in [5, 5.41) is 23.7. The molecule has 1 amide bonds. The van der Waals surface area contributed by atoms with E-state index in [1.165, 1.54) is 0 Å². The molecule has 7 heteroatoms. The van der Waals surface area contributed by atoms with Crippen molar-refractivity contribution in [3.8, 4) is 29.0 Å². The van der Waals surface area contributed by atoms with Gasteiger partial charge in [0.05, 0.1) is 11.3 Å². The second-order valence-corrected chi connectivity index (χ2v) is 6.96. The molecule has 28 heavy (non-hydrogen) atoms. The van der Waals surface area contributed by atoms with Crippen molar-refractivity contribution >= 4 is 11.6 Å². The molecule has 2 heterocycles. The SMILES string of the molecule is CC(C)Nc1ccc(-c2nnc(-c3ccc4c(c3)C(=O)NCC4)o2)cc1C#N. The van der Waals surface area contributed by atoms with Crippen LogP contribution in [-0.4, -0.2) is 28.7 Å². The normalized spacial score (nSPS) is 13.0. The highest BCUT2D eigenvalue weighted by atomic mass is 16.4. The van der Waals surface area contributed by atoms with Crippen LogP contribution < -0.4 is 10.6 Å². The number of anilines is 1. The first kappa shape index (κ1) is 17.7. The molecule has 3 aromatic rings. The first-order chi connectivity index (χ1) is 13.5. The van der Waals surface area contributed by atoms with Gasteiger partial charge in [-0.2, -0.15) is 5.26 Å². The highest BCUT2D eigenvalue weighted by Crippen LogP contribution is 2.28. The molecule has 0 spiro atoms. The molecule has 1 aromatic heterocycles. The lowest BCUT2D eigenvalue weighted by Gasteiger charge is -2.16. The van der Waals surface area contributed by atoms with E-state index in [0.29, 0.717) is 40.6 Å². The van der Waals surface area contributed by atoms with Crippen molar-refractivity contribution in [3.63, 3.8) is 0 Å². The zero-order chi connectivity index (χ0) is 19.7. The molecule has 0 saturated carbocycles. The second kappa shape index (κ2) is 7.16. The van der Waals surface area contributed by atoms with Crippen LogP contribution in [0.2, 0.25) is 0 Å². The molecule has 0 fully saturated rings. The quantitative estimate of drug-likeness (QED) is 0.726. The van der Waals surface area contributed by atoms with Gasteiger partial charge in [-0.3, -0.25) is 4.79 Å². The fourth-order valence-corrected chi connectivity index (χ4v) is 3.21. The summed E-state index contributed by atoms with van der Waals surface area (Å²) in [6.45, 7) is 4.68. The summed E-state index contributed by atoms with van der Waals surface area (Å²) >= 11 is 0. The van der Waals surface area contributed by atoms with Gasteiger partial charge in [0.15, 0.2) is 0 Å². The number of carbonyl (C=O) groups excluding carboxylic acids is 1. The third-order valence-electron chi connectivity index (χ3n) is 4.54. The number of nitrogens with zero attached hydrogens (tertiary/aromatic N) is 3. The largest absolute Gasteiger partial charge is 0.416 e. The maximum absolute atomic E-state index is 12.1. The third kappa shape index (κ3) is 3.32. The Kier molecular flexibility index (Phi) is 4.53. The third-order valence-corrected chi connectivity index (χ3v) is 4.54. The van der Waals surface area contributed by atoms with Crippen LogP contribution in [0, 0.1) is 11.3 Å². The Hall–Kier alpha value is -3.66. The van der Waals surface area contributed by atoms with Crippen LogP contribution in [0.1, 0.15) is 35.3 Å². The predicted molar refractivity (Wildman–Crippen MR) is 105 cm³/mol. The first-order valence-corrected chi connectivity index (χ1v) is 9.11. The van der Waals surface area contributed by atoms with Gasteiger partial charge in [0.25, 0.3) is 5.91 Å². The van der Waals surface area contributed by atoms with Crippen molar-refractivity contribution < 1.29 is 9.21 Å². The number of hydrogen-bond donors (Lipinski definition) is 2. The van der Waals surface area contributed by atoms with E-state index in [-0.39, 0.29) is 11.9 Å². The average molecular weight is 373 g/mol. The standard InChI is InChI=1S/C21H19N5O2/c1-12(2)24-18-6-5-14(9-16(18)11-22)20-25-26-21(28-20)15-4-3-13-7-8-23-19(27)17(13)10-15/h3-6,9-10,12,24H,7-8H2,1-2H3,(H,23,27). The highest BCUT2D eigenvalue weighted by molar-refractivity contribution is 5.97. The van der Waals surface area contributed by atoms with Crippen LogP contribution in [-0.2, 0) is 6.42 Å². The van der Waals surface area contributed by atoms with Crippen molar-refractivity contribution in [3.05, 3.63) is 53.1 Å². The molecule has 1 aliphatic rings. The summed E-state index contributed by atoms with van der Waals surface area (Å²) in [5.74, 6) is 0.568. The van der Waals surface area contributed by atoms with Gasteiger partial charge >= 0.3 is 0 Å². The summed E-state index contributed by atoms with van der Waals surface area (Å²) in [4.78, 5) is 12.1. The minimum Gasteiger partial charge on any atom is -0.416 e. The molecule has 4 rings (SSSR count). The molecule has 0 aliphatic carbocycles. The molecule has 0 unspecified atom stereocenters. The molecular formula is C21H19N5O2. The van der Waals surface area contributed by atoms with Gasteiger partial charge in [-0.1, -0.05) is 6.07 Å². The van der Waals surface area contributed by atoms with Gasteiger partial charge in [0.1, 0.15) is 6.07 Å². The van der Waals surface area contributed by atoms with E-state index in [4.69, 9.17) is 4.42 Å². The Morgan fingerprint density at radius 3 is 2.57 bits per heavy atom. The Balaban J connectivity index is 1.66. The summed E-state index contributed by atoms with van der Waals surface area (Å²) in [5.41, 5.74) is 4.28. The monoisotopic (exact) mass is 373 g/mol. The number of fused-ring (bicyclic) bond motifs is 1. The first-order valence-electron chi connectivity index (χ1n) is 9.11. The van der Waals surface area contributed by atoms with E-state index in [1.807, 2.05) is 38.1 Å². The van der Waals surface area contributed by atoms with Crippen molar-refractivity contribution in [2.45, 2.75) is 26.3 Å². The van der Waals surface area contributed by atoms with E-state index in [9.17, 15) is 10.1 Å². The molecule has 2 aromatic carbocycles. The molecule has 2 N–H and O–H groups in total. The molecule has 7 nitrogen and oxygen atoms in total. The summed E-state index contributed by atoms with van der Waals surface area (Å²) in [6.07, 6.45) is 0.810. The number of aromatic nitrogens is 2. The Morgan fingerprint density at radius 2 is 1.86 bits per heavy atom. The summed E-state index contributed by atoms with van der Waals surface area (Å²) in [6, 6.07) is 13.4. The summed E-state index contributed by atoms with van der Waals surface area (Å²) in [7, 11) is 0. The number of rotatable bonds is 4. The van der Waals surface area contributed by atoms with Crippen molar-refractivity contribution in [1.82, 2.24) is 15.5 Å². The fourth-order valence-electron chi connectivity index (χ4n) is 3.21. The molecular weight excluding hydrogens is 354 g/mol. The average Bonchev–Trinajstić information content (AvgIpc) is 3.18. The van der Waals surface area contributed by atoms with Crippen LogP contribution in [0.3, 0.4) is 0 Å². The number of hydrogen-bond acceptors (Lipinski definition) is 6.